The minimum atomic E-state index is 0.267. The molecule has 2 unspecified atom stereocenters. The van der Waals surface area contributed by atoms with Gasteiger partial charge in [0, 0.05) is 12.6 Å². The van der Waals surface area contributed by atoms with E-state index in [0.29, 0.717) is 6.04 Å². The van der Waals surface area contributed by atoms with Crippen LogP contribution < -0.4 is 5.32 Å². The minimum absolute atomic E-state index is 0.267. The van der Waals surface area contributed by atoms with Crippen LogP contribution in [0.3, 0.4) is 0 Å². The van der Waals surface area contributed by atoms with Crippen molar-refractivity contribution in [3.05, 3.63) is 0 Å². The van der Waals surface area contributed by atoms with Crippen LogP contribution in [0.4, 0.5) is 0 Å². The van der Waals surface area contributed by atoms with Gasteiger partial charge in [0.2, 0.25) is 0 Å². The number of likely N-dealkylation sites (N-methyl/N-ethyl adjacent to an activating group) is 1. The third-order valence-corrected chi connectivity index (χ3v) is 3.06. The van der Waals surface area contributed by atoms with Crippen LogP contribution >= 0.6 is 0 Å². The number of nitrogens with one attached hydrogen (secondary N) is 1. The van der Waals surface area contributed by atoms with Gasteiger partial charge in [-0.1, -0.05) is 19.3 Å². The summed E-state index contributed by atoms with van der Waals surface area (Å²) in [6.07, 6.45) is 9.43. The summed E-state index contributed by atoms with van der Waals surface area (Å²) < 4.78 is 0. The molecule has 2 atom stereocenters. The van der Waals surface area contributed by atoms with Crippen LogP contribution in [0.25, 0.3) is 0 Å². The van der Waals surface area contributed by atoms with Gasteiger partial charge in [0.05, 0.1) is 6.04 Å². The highest BCUT2D eigenvalue weighted by molar-refractivity contribution is 4.97. The first-order chi connectivity index (χ1) is 6.77. The molecular formula is C12H22N2. The summed E-state index contributed by atoms with van der Waals surface area (Å²) >= 11 is 0. The molecule has 0 aromatic heterocycles. The second-order valence-electron chi connectivity index (χ2n) is 4.08. The maximum atomic E-state index is 5.44. The van der Waals surface area contributed by atoms with E-state index in [9.17, 15) is 0 Å². The predicted octanol–water partition coefficient (Wildman–Crippen LogP) is 1.47. The quantitative estimate of drug-likeness (QED) is 0.682. The van der Waals surface area contributed by atoms with Crippen molar-refractivity contribution in [1.82, 2.24) is 10.2 Å². The van der Waals surface area contributed by atoms with Crippen molar-refractivity contribution >= 4 is 0 Å². The molecule has 0 spiro atoms. The normalized spacial score (nSPS) is 24.6. The lowest BCUT2D eigenvalue weighted by Crippen LogP contribution is -2.46. The molecule has 1 rings (SSSR count). The van der Waals surface area contributed by atoms with E-state index in [2.05, 4.69) is 30.0 Å². The van der Waals surface area contributed by atoms with Crippen molar-refractivity contribution < 1.29 is 0 Å². The summed E-state index contributed by atoms with van der Waals surface area (Å²) in [6, 6.07) is 0.920. The van der Waals surface area contributed by atoms with E-state index >= 15 is 0 Å². The molecular weight excluding hydrogens is 172 g/mol. The van der Waals surface area contributed by atoms with Crippen LogP contribution in [0, 0.1) is 12.3 Å². The van der Waals surface area contributed by atoms with Gasteiger partial charge in [0.1, 0.15) is 0 Å². The molecule has 2 heteroatoms. The Morgan fingerprint density at radius 3 is 2.86 bits per heavy atom. The number of nitrogens with zero attached hydrogens (tertiary/aromatic N) is 1. The Morgan fingerprint density at radius 2 is 2.36 bits per heavy atom. The van der Waals surface area contributed by atoms with Gasteiger partial charge in [-0.3, -0.25) is 4.90 Å². The Balaban J connectivity index is 2.35. The van der Waals surface area contributed by atoms with E-state index in [1.807, 2.05) is 0 Å². The average molecular weight is 194 g/mol. The highest BCUT2D eigenvalue weighted by atomic mass is 15.2. The second-order valence-corrected chi connectivity index (χ2v) is 4.08. The molecule has 1 saturated heterocycles. The van der Waals surface area contributed by atoms with Crippen molar-refractivity contribution in [2.45, 2.75) is 45.2 Å². The molecule has 0 bridgehead atoms. The topological polar surface area (TPSA) is 15.3 Å². The summed E-state index contributed by atoms with van der Waals surface area (Å²) in [6.45, 7) is 7.60. The lowest BCUT2D eigenvalue weighted by Gasteiger charge is -2.31. The highest BCUT2D eigenvalue weighted by Gasteiger charge is 2.17. The monoisotopic (exact) mass is 194 g/mol. The van der Waals surface area contributed by atoms with Crippen molar-refractivity contribution in [2.75, 3.05) is 19.6 Å². The van der Waals surface area contributed by atoms with Gasteiger partial charge in [0.15, 0.2) is 0 Å². The fraction of sp³-hybridized carbons (Fsp3) is 0.833. The number of terminal acetylenes is 1. The molecule has 1 aliphatic heterocycles. The first-order valence-corrected chi connectivity index (χ1v) is 5.71. The van der Waals surface area contributed by atoms with E-state index in [1.165, 1.54) is 25.8 Å². The fourth-order valence-electron chi connectivity index (χ4n) is 2.03. The molecule has 2 nitrogen and oxygen atoms in total. The Labute approximate surface area is 88.1 Å². The van der Waals surface area contributed by atoms with Gasteiger partial charge in [-0.05, 0) is 32.9 Å². The smallest absolute Gasteiger partial charge is 0.0683 e. The number of hydrogen-bond donors (Lipinski definition) is 1. The van der Waals surface area contributed by atoms with Crippen LogP contribution in [0.5, 0.6) is 0 Å². The van der Waals surface area contributed by atoms with Crippen molar-refractivity contribution in [3.8, 4) is 12.3 Å². The zero-order valence-corrected chi connectivity index (χ0v) is 9.42. The maximum absolute atomic E-state index is 5.44. The van der Waals surface area contributed by atoms with Crippen molar-refractivity contribution in [3.63, 3.8) is 0 Å². The van der Waals surface area contributed by atoms with Gasteiger partial charge in [-0.25, -0.2) is 0 Å². The van der Waals surface area contributed by atoms with Crippen molar-refractivity contribution in [2.24, 2.45) is 0 Å². The maximum Gasteiger partial charge on any atom is 0.0683 e. The first kappa shape index (κ1) is 11.6. The summed E-state index contributed by atoms with van der Waals surface area (Å²) in [5.74, 6) is 2.80. The molecule has 1 N–H and O–H groups in total. The molecule has 0 radical (unpaired) electrons. The lowest BCUT2D eigenvalue weighted by atomic mass is 10.0. The number of rotatable bonds is 4. The fourth-order valence-corrected chi connectivity index (χ4v) is 2.03. The molecule has 0 aromatic carbocycles. The third kappa shape index (κ3) is 3.32. The lowest BCUT2D eigenvalue weighted by molar-refractivity contribution is 0.213. The molecule has 14 heavy (non-hydrogen) atoms. The van der Waals surface area contributed by atoms with Gasteiger partial charge in [0.25, 0.3) is 0 Å². The summed E-state index contributed by atoms with van der Waals surface area (Å²) in [5, 5.41) is 3.55. The molecule has 0 amide bonds. The Morgan fingerprint density at radius 1 is 1.57 bits per heavy atom. The summed E-state index contributed by atoms with van der Waals surface area (Å²) in [7, 11) is 0. The van der Waals surface area contributed by atoms with E-state index in [0.717, 1.165) is 13.1 Å². The Hall–Kier alpha value is -0.520. The molecule has 1 aliphatic rings. The van der Waals surface area contributed by atoms with Crippen LogP contribution in [-0.2, 0) is 0 Å². The van der Waals surface area contributed by atoms with Gasteiger partial charge < -0.3 is 5.32 Å². The SMILES string of the molecule is C#CC(C)N(CC)CC1CCCCN1. The molecule has 80 valence electrons. The molecule has 1 heterocycles. The van der Waals surface area contributed by atoms with E-state index in [-0.39, 0.29) is 6.04 Å². The number of piperidine rings is 1. The first-order valence-electron chi connectivity index (χ1n) is 5.71. The number of hydrogen-bond acceptors (Lipinski definition) is 2. The standard InChI is InChI=1S/C12H22N2/c1-4-11(3)14(5-2)10-12-8-6-7-9-13-12/h1,11-13H,5-10H2,2-3H3. The van der Waals surface area contributed by atoms with Gasteiger partial charge in [-0.2, -0.15) is 0 Å². The highest BCUT2D eigenvalue weighted by Crippen LogP contribution is 2.09. The minimum Gasteiger partial charge on any atom is -0.313 e. The summed E-state index contributed by atoms with van der Waals surface area (Å²) in [4.78, 5) is 2.36. The van der Waals surface area contributed by atoms with Crippen LogP contribution in [-0.4, -0.2) is 36.6 Å². The Kier molecular flexibility index (Phi) is 5.00. The van der Waals surface area contributed by atoms with Crippen molar-refractivity contribution in [1.29, 1.82) is 0 Å². The largest absolute Gasteiger partial charge is 0.313 e. The van der Waals surface area contributed by atoms with Crippen LogP contribution in [0.1, 0.15) is 33.1 Å². The zero-order chi connectivity index (χ0) is 10.4. The second kappa shape index (κ2) is 6.06. The van der Waals surface area contributed by atoms with Gasteiger partial charge >= 0.3 is 0 Å². The molecule has 1 fully saturated rings. The van der Waals surface area contributed by atoms with Crippen LogP contribution in [0.15, 0.2) is 0 Å². The van der Waals surface area contributed by atoms with E-state index < -0.39 is 0 Å². The molecule has 0 saturated carbocycles. The molecule has 0 aliphatic carbocycles. The Bertz CT molecular complexity index is 189. The zero-order valence-electron chi connectivity index (χ0n) is 9.42. The van der Waals surface area contributed by atoms with Gasteiger partial charge in [-0.15, -0.1) is 6.42 Å². The molecule has 0 aromatic rings. The van der Waals surface area contributed by atoms with Crippen LogP contribution in [0.2, 0.25) is 0 Å². The third-order valence-electron chi connectivity index (χ3n) is 3.06. The summed E-state index contributed by atoms with van der Waals surface area (Å²) in [5.41, 5.74) is 0. The van der Waals surface area contributed by atoms with E-state index in [1.54, 1.807) is 0 Å². The predicted molar refractivity (Wildman–Crippen MR) is 61.2 cm³/mol. The van der Waals surface area contributed by atoms with E-state index in [4.69, 9.17) is 6.42 Å². The average Bonchev–Trinajstić information content (AvgIpc) is 2.26.